The molecule has 7 heteroatoms. The predicted octanol–water partition coefficient (Wildman–Crippen LogP) is 4.32. The minimum absolute atomic E-state index is 0.00357. The molecule has 0 aliphatic heterocycles. The first kappa shape index (κ1) is 20.1. The van der Waals surface area contributed by atoms with E-state index in [1.165, 1.54) is 31.2 Å². The van der Waals surface area contributed by atoms with Crippen molar-refractivity contribution < 1.29 is 14.5 Å². The Morgan fingerprint density at radius 2 is 1.81 bits per heavy atom. The Kier molecular flexibility index (Phi) is 7.96. The van der Waals surface area contributed by atoms with Crippen LogP contribution >= 0.6 is 0 Å². The van der Waals surface area contributed by atoms with Crippen molar-refractivity contribution in [3.05, 3.63) is 69.8 Å². The number of hydrogen-bond donors (Lipinski definition) is 1. The Hall–Kier alpha value is -3.22. The number of nitro groups is 1. The van der Waals surface area contributed by atoms with Crippen LogP contribution in [0, 0.1) is 10.1 Å². The third-order valence-electron chi connectivity index (χ3n) is 3.87. The normalized spacial score (nSPS) is 10.7. The second-order valence-corrected chi connectivity index (χ2v) is 5.98. The smallest absolute Gasteiger partial charge is 0.271 e. The van der Waals surface area contributed by atoms with E-state index >= 15 is 0 Å². The molecule has 1 N–H and O–H groups in total. The van der Waals surface area contributed by atoms with Crippen molar-refractivity contribution in [1.82, 2.24) is 5.43 Å². The van der Waals surface area contributed by atoms with Crippen molar-refractivity contribution in [2.75, 3.05) is 6.61 Å². The summed E-state index contributed by atoms with van der Waals surface area (Å²) in [5.41, 5.74) is 3.54. The summed E-state index contributed by atoms with van der Waals surface area (Å²) in [6, 6.07) is 12.7. The number of carbonyl (C=O) groups excluding carboxylic acids is 1. The van der Waals surface area contributed by atoms with E-state index in [0.29, 0.717) is 17.7 Å². The lowest BCUT2D eigenvalue weighted by Crippen LogP contribution is -2.17. The Labute approximate surface area is 158 Å². The summed E-state index contributed by atoms with van der Waals surface area (Å²) in [7, 11) is 0. The molecular weight excluding hydrogens is 346 g/mol. The Morgan fingerprint density at radius 3 is 2.44 bits per heavy atom. The molecule has 0 spiro atoms. The maximum absolute atomic E-state index is 12.1. The first-order chi connectivity index (χ1) is 13.1. The standard InChI is InChI=1S/C20H23N3O4/c1-2-3-4-5-14-27-19-12-8-17(9-13-19)20(24)22-21-15-16-6-10-18(11-7-16)23(25)26/h6-13,15H,2-5,14H2,1H3,(H,22,24). The molecule has 0 unspecified atom stereocenters. The molecule has 0 saturated heterocycles. The van der Waals surface area contributed by atoms with E-state index in [1.807, 2.05) is 0 Å². The van der Waals surface area contributed by atoms with Gasteiger partial charge in [0, 0.05) is 17.7 Å². The highest BCUT2D eigenvalue weighted by atomic mass is 16.6. The quantitative estimate of drug-likeness (QED) is 0.292. The molecule has 0 aliphatic rings. The number of unbranched alkanes of at least 4 members (excludes halogenated alkanes) is 3. The van der Waals surface area contributed by atoms with Gasteiger partial charge >= 0.3 is 0 Å². The van der Waals surface area contributed by atoms with Gasteiger partial charge in [-0.25, -0.2) is 5.43 Å². The zero-order valence-electron chi connectivity index (χ0n) is 15.3. The third kappa shape index (κ3) is 6.89. The van der Waals surface area contributed by atoms with Crippen molar-refractivity contribution in [1.29, 1.82) is 0 Å². The molecule has 27 heavy (non-hydrogen) atoms. The number of amides is 1. The maximum Gasteiger partial charge on any atom is 0.271 e. The molecule has 2 aromatic rings. The summed E-state index contributed by atoms with van der Waals surface area (Å²) in [6.45, 7) is 2.84. The predicted molar refractivity (Wildman–Crippen MR) is 104 cm³/mol. The van der Waals surface area contributed by atoms with Gasteiger partial charge in [0.1, 0.15) is 5.75 Å². The molecule has 0 atom stereocenters. The van der Waals surface area contributed by atoms with Crippen molar-refractivity contribution in [2.24, 2.45) is 5.10 Å². The molecule has 0 radical (unpaired) electrons. The van der Waals surface area contributed by atoms with Crippen LogP contribution in [0.1, 0.15) is 48.5 Å². The Morgan fingerprint density at radius 1 is 1.11 bits per heavy atom. The van der Waals surface area contributed by atoms with Gasteiger partial charge in [-0.05, 0) is 48.4 Å². The number of rotatable bonds is 10. The molecule has 0 heterocycles. The van der Waals surface area contributed by atoms with Crippen molar-refractivity contribution in [3.63, 3.8) is 0 Å². The van der Waals surface area contributed by atoms with E-state index in [1.54, 1.807) is 36.4 Å². The number of nitrogens with one attached hydrogen (secondary N) is 1. The maximum atomic E-state index is 12.1. The highest BCUT2D eigenvalue weighted by Gasteiger charge is 2.05. The lowest BCUT2D eigenvalue weighted by molar-refractivity contribution is -0.384. The largest absolute Gasteiger partial charge is 0.494 e. The van der Waals surface area contributed by atoms with Crippen molar-refractivity contribution in [3.8, 4) is 5.75 Å². The molecule has 0 bridgehead atoms. The number of benzene rings is 2. The zero-order valence-corrected chi connectivity index (χ0v) is 15.3. The van der Waals surface area contributed by atoms with Crippen LogP contribution in [0.15, 0.2) is 53.6 Å². The first-order valence-electron chi connectivity index (χ1n) is 8.91. The van der Waals surface area contributed by atoms with Crippen LogP contribution in [0.4, 0.5) is 5.69 Å². The van der Waals surface area contributed by atoms with Gasteiger partial charge in [0.15, 0.2) is 0 Å². The first-order valence-corrected chi connectivity index (χ1v) is 8.91. The highest BCUT2D eigenvalue weighted by molar-refractivity contribution is 5.95. The van der Waals surface area contributed by atoms with Crippen molar-refractivity contribution in [2.45, 2.75) is 32.6 Å². The second kappa shape index (κ2) is 10.7. The van der Waals surface area contributed by atoms with Gasteiger partial charge in [-0.3, -0.25) is 14.9 Å². The topological polar surface area (TPSA) is 93.8 Å². The van der Waals surface area contributed by atoms with Crippen LogP contribution < -0.4 is 10.2 Å². The fourth-order valence-corrected chi connectivity index (χ4v) is 2.33. The van der Waals surface area contributed by atoms with Crippen LogP contribution in [-0.4, -0.2) is 23.7 Å². The van der Waals surface area contributed by atoms with E-state index in [-0.39, 0.29) is 11.6 Å². The number of ether oxygens (including phenoxy) is 1. The molecule has 0 aliphatic carbocycles. The summed E-state index contributed by atoms with van der Waals surface area (Å²) >= 11 is 0. The summed E-state index contributed by atoms with van der Waals surface area (Å²) in [5.74, 6) is 0.389. The number of non-ortho nitro benzene ring substituents is 1. The van der Waals surface area contributed by atoms with Crippen LogP contribution in [0.5, 0.6) is 5.75 Å². The van der Waals surface area contributed by atoms with E-state index in [0.717, 1.165) is 18.6 Å². The fraction of sp³-hybridized carbons (Fsp3) is 0.300. The average molecular weight is 369 g/mol. The average Bonchev–Trinajstić information content (AvgIpc) is 2.68. The number of nitrogens with zero attached hydrogens (tertiary/aromatic N) is 2. The summed E-state index contributed by atoms with van der Waals surface area (Å²) in [4.78, 5) is 22.2. The van der Waals surface area contributed by atoms with Crippen LogP contribution in [0.3, 0.4) is 0 Å². The molecule has 142 valence electrons. The van der Waals surface area contributed by atoms with Gasteiger partial charge in [-0.15, -0.1) is 0 Å². The van der Waals surface area contributed by atoms with E-state index in [2.05, 4.69) is 17.5 Å². The monoisotopic (exact) mass is 369 g/mol. The lowest BCUT2D eigenvalue weighted by Gasteiger charge is -2.06. The molecule has 0 aromatic heterocycles. The Balaban J connectivity index is 1.80. The van der Waals surface area contributed by atoms with Gasteiger partial charge in [0.2, 0.25) is 0 Å². The summed E-state index contributed by atoms with van der Waals surface area (Å²) in [5, 5.41) is 14.5. The molecule has 7 nitrogen and oxygen atoms in total. The van der Waals surface area contributed by atoms with Gasteiger partial charge in [-0.1, -0.05) is 26.2 Å². The van der Waals surface area contributed by atoms with Gasteiger partial charge in [0.05, 0.1) is 17.7 Å². The molecular formula is C20H23N3O4. The van der Waals surface area contributed by atoms with E-state index in [9.17, 15) is 14.9 Å². The van der Waals surface area contributed by atoms with E-state index in [4.69, 9.17) is 4.74 Å². The fourth-order valence-electron chi connectivity index (χ4n) is 2.33. The third-order valence-corrected chi connectivity index (χ3v) is 3.87. The van der Waals surface area contributed by atoms with Crippen LogP contribution in [-0.2, 0) is 0 Å². The van der Waals surface area contributed by atoms with Gasteiger partial charge in [0.25, 0.3) is 11.6 Å². The zero-order chi connectivity index (χ0) is 19.5. The molecule has 2 rings (SSSR count). The molecule has 0 saturated carbocycles. The van der Waals surface area contributed by atoms with Crippen LogP contribution in [0.25, 0.3) is 0 Å². The second-order valence-electron chi connectivity index (χ2n) is 5.98. The SMILES string of the molecule is CCCCCCOc1ccc(C(=O)NN=Cc2ccc([N+](=O)[O-])cc2)cc1. The minimum Gasteiger partial charge on any atom is -0.494 e. The number of nitro benzene ring substituents is 1. The lowest BCUT2D eigenvalue weighted by atomic mass is 10.2. The number of hydrogen-bond acceptors (Lipinski definition) is 5. The molecule has 2 aromatic carbocycles. The minimum atomic E-state index is -0.471. The molecule has 1 amide bonds. The molecule has 0 fully saturated rings. The summed E-state index contributed by atoms with van der Waals surface area (Å²) < 4.78 is 5.64. The highest BCUT2D eigenvalue weighted by Crippen LogP contribution is 2.13. The number of hydrazone groups is 1. The number of carbonyl (C=O) groups is 1. The van der Waals surface area contributed by atoms with Gasteiger partial charge < -0.3 is 4.74 Å². The Bertz CT molecular complexity index is 771. The van der Waals surface area contributed by atoms with E-state index < -0.39 is 4.92 Å². The van der Waals surface area contributed by atoms with Crippen molar-refractivity contribution >= 4 is 17.8 Å². The van der Waals surface area contributed by atoms with Gasteiger partial charge in [-0.2, -0.15) is 5.10 Å². The summed E-state index contributed by atoms with van der Waals surface area (Å²) in [6.07, 6.45) is 6.01. The van der Waals surface area contributed by atoms with Crippen LogP contribution in [0.2, 0.25) is 0 Å².